The van der Waals surface area contributed by atoms with Gasteiger partial charge in [0.25, 0.3) is 0 Å². The molecule has 2 N–H and O–H groups in total. The zero-order valence-corrected chi connectivity index (χ0v) is 11.4. The SMILES string of the molecule is CCC1CCC(N)(Cc2cc(C)ccc2C)C1. The summed E-state index contributed by atoms with van der Waals surface area (Å²) in [5.41, 5.74) is 10.8. The topological polar surface area (TPSA) is 26.0 Å². The van der Waals surface area contributed by atoms with Gasteiger partial charge in [-0.3, -0.25) is 0 Å². The lowest BCUT2D eigenvalue weighted by Crippen LogP contribution is -2.39. The Morgan fingerprint density at radius 1 is 1.35 bits per heavy atom. The number of nitrogens with two attached hydrogens (primary N) is 1. The predicted octanol–water partition coefficient (Wildman–Crippen LogP) is 3.75. The van der Waals surface area contributed by atoms with Crippen molar-refractivity contribution < 1.29 is 0 Å². The van der Waals surface area contributed by atoms with Crippen LogP contribution in [0.4, 0.5) is 0 Å². The van der Waals surface area contributed by atoms with E-state index in [2.05, 4.69) is 39.0 Å². The van der Waals surface area contributed by atoms with E-state index in [0.29, 0.717) is 0 Å². The summed E-state index contributed by atoms with van der Waals surface area (Å²) in [5.74, 6) is 0.852. The van der Waals surface area contributed by atoms with E-state index in [4.69, 9.17) is 5.73 Å². The minimum absolute atomic E-state index is 0.0548. The Morgan fingerprint density at radius 2 is 2.12 bits per heavy atom. The van der Waals surface area contributed by atoms with Crippen LogP contribution in [-0.2, 0) is 6.42 Å². The summed E-state index contributed by atoms with van der Waals surface area (Å²) in [6.45, 7) is 6.65. The molecule has 1 aromatic rings. The van der Waals surface area contributed by atoms with Crippen LogP contribution < -0.4 is 5.73 Å². The van der Waals surface area contributed by atoms with Crippen molar-refractivity contribution >= 4 is 0 Å². The molecule has 1 aliphatic rings. The van der Waals surface area contributed by atoms with Crippen molar-refractivity contribution in [3.63, 3.8) is 0 Å². The molecule has 2 atom stereocenters. The van der Waals surface area contributed by atoms with E-state index in [9.17, 15) is 0 Å². The highest BCUT2D eigenvalue weighted by Gasteiger charge is 2.35. The molecular formula is C16H25N. The fourth-order valence-electron chi connectivity index (χ4n) is 3.15. The van der Waals surface area contributed by atoms with E-state index < -0.39 is 0 Å². The molecule has 1 aliphatic carbocycles. The Balaban J connectivity index is 2.13. The lowest BCUT2D eigenvalue weighted by Gasteiger charge is -2.25. The second-order valence-corrected chi connectivity index (χ2v) is 5.99. The van der Waals surface area contributed by atoms with Crippen LogP contribution in [-0.4, -0.2) is 5.54 Å². The van der Waals surface area contributed by atoms with Crippen molar-refractivity contribution in [2.75, 3.05) is 0 Å². The summed E-state index contributed by atoms with van der Waals surface area (Å²) in [6.07, 6.45) is 6.05. The third kappa shape index (κ3) is 2.90. The first-order chi connectivity index (χ1) is 8.02. The van der Waals surface area contributed by atoms with Gasteiger partial charge in [0.05, 0.1) is 0 Å². The fraction of sp³-hybridized carbons (Fsp3) is 0.625. The van der Waals surface area contributed by atoms with E-state index >= 15 is 0 Å². The van der Waals surface area contributed by atoms with Gasteiger partial charge in [0.1, 0.15) is 0 Å². The molecule has 2 rings (SSSR count). The van der Waals surface area contributed by atoms with Gasteiger partial charge >= 0.3 is 0 Å². The molecule has 94 valence electrons. The Hall–Kier alpha value is -0.820. The largest absolute Gasteiger partial charge is 0.325 e. The second kappa shape index (κ2) is 4.81. The summed E-state index contributed by atoms with van der Waals surface area (Å²) in [6, 6.07) is 6.72. The summed E-state index contributed by atoms with van der Waals surface area (Å²) < 4.78 is 0. The predicted molar refractivity (Wildman–Crippen MR) is 74.2 cm³/mol. The zero-order valence-electron chi connectivity index (χ0n) is 11.4. The molecule has 0 heterocycles. The van der Waals surface area contributed by atoms with Gasteiger partial charge in [0, 0.05) is 5.54 Å². The van der Waals surface area contributed by atoms with E-state index in [1.807, 2.05) is 0 Å². The average molecular weight is 231 g/mol. The van der Waals surface area contributed by atoms with Crippen molar-refractivity contribution in [1.29, 1.82) is 0 Å². The maximum absolute atomic E-state index is 6.58. The minimum atomic E-state index is 0.0548. The number of rotatable bonds is 3. The minimum Gasteiger partial charge on any atom is -0.325 e. The molecule has 1 saturated carbocycles. The standard InChI is InChI=1S/C16H25N/c1-4-14-7-8-16(17,10-14)11-15-9-12(2)5-6-13(15)3/h5-6,9,14H,4,7-8,10-11,17H2,1-3H3. The Bertz CT molecular complexity index is 397. The molecule has 1 nitrogen and oxygen atoms in total. The third-order valence-electron chi connectivity index (χ3n) is 4.37. The molecular weight excluding hydrogens is 206 g/mol. The van der Waals surface area contributed by atoms with Crippen LogP contribution in [0.2, 0.25) is 0 Å². The monoisotopic (exact) mass is 231 g/mol. The van der Waals surface area contributed by atoms with E-state index in [1.165, 1.54) is 42.4 Å². The van der Waals surface area contributed by atoms with Gasteiger partial charge in [-0.25, -0.2) is 0 Å². The van der Waals surface area contributed by atoms with Crippen LogP contribution in [0.3, 0.4) is 0 Å². The Labute approximate surface area is 105 Å². The van der Waals surface area contributed by atoms with Crippen LogP contribution in [0, 0.1) is 19.8 Å². The summed E-state index contributed by atoms with van der Waals surface area (Å²) in [7, 11) is 0. The van der Waals surface area contributed by atoms with Crippen molar-refractivity contribution in [2.24, 2.45) is 11.7 Å². The number of hydrogen-bond donors (Lipinski definition) is 1. The molecule has 0 spiro atoms. The molecule has 0 bridgehead atoms. The van der Waals surface area contributed by atoms with Crippen LogP contribution in [0.1, 0.15) is 49.3 Å². The first-order valence-corrected chi connectivity index (χ1v) is 6.87. The highest BCUT2D eigenvalue weighted by Crippen LogP contribution is 2.37. The van der Waals surface area contributed by atoms with Crippen LogP contribution in [0.15, 0.2) is 18.2 Å². The number of hydrogen-bond acceptors (Lipinski definition) is 1. The van der Waals surface area contributed by atoms with Crippen molar-refractivity contribution in [3.05, 3.63) is 34.9 Å². The van der Waals surface area contributed by atoms with E-state index in [-0.39, 0.29) is 5.54 Å². The molecule has 1 fully saturated rings. The van der Waals surface area contributed by atoms with Gasteiger partial charge in [-0.15, -0.1) is 0 Å². The lowest BCUT2D eigenvalue weighted by atomic mass is 9.87. The van der Waals surface area contributed by atoms with E-state index in [0.717, 1.165) is 12.3 Å². The normalized spacial score (nSPS) is 28.6. The zero-order chi connectivity index (χ0) is 12.5. The molecule has 0 radical (unpaired) electrons. The molecule has 17 heavy (non-hydrogen) atoms. The summed E-state index contributed by atoms with van der Waals surface area (Å²) in [4.78, 5) is 0. The quantitative estimate of drug-likeness (QED) is 0.842. The maximum atomic E-state index is 6.58. The number of aryl methyl sites for hydroxylation is 2. The molecule has 0 aliphatic heterocycles. The van der Waals surface area contributed by atoms with Gasteiger partial charge in [0.2, 0.25) is 0 Å². The van der Waals surface area contributed by atoms with Crippen LogP contribution in [0.5, 0.6) is 0 Å². The van der Waals surface area contributed by atoms with Crippen LogP contribution >= 0.6 is 0 Å². The summed E-state index contributed by atoms with van der Waals surface area (Å²) in [5, 5.41) is 0. The van der Waals surface area contributed by atoms with E-state index in [1.54, 1.807) is 0 Å². The summed E-state index contributed by atoms with van der Waals surface area (Å²) >= 11 is 0. The van der Waals surface area contributed by atoms with Crippen molar-refractivity contribution in [2.45, 2.75) is 58.4 Å². The highest BCUT2D eigenvalue weighted by molar-refractivity contribution is 5.32. The van der Waals surface area contributed by atoms with Gasteiger partial charge in [-0.1, -0.05) is 37.1 Å². The van der Waals surface area contributed by atoms with Crippen molar-refractivity contribution in [3.8, 4) is 0 Å². The first-order valence-electron chi connectivity index (χ1n) is 6.87. The molecule has 2 unspecified atom stereocenters. The fourth-order valence-corrected chi connectivity index (χ4v) is 3.15. The smallest absolute Gasteiger partial charge is 0.0197 e. The lowest BCUT2D eigenvalue weighted by molar-refractivity contribution is 0.406. The molecule has 0 saturated heterocycles. The molecule has 0 aromatic heterocycles. The number of benzene rings is 1. The highest BCUT2D eigenvalue weighted by atomic mass is 14.8. The molecule has 1 aromatic carbocycles. The van der Waals surface area contributed by atoms with Gasteiger partial charge in [-0.2, -0.15) is 0 Å². The second-order valence-electron chi connectivity index (χ2n) is 5.99. The third-order valence-corrected chi connectivity index (χ3v) is 4.37. The average Bonchev–Trinajstić information content (AvgIpc) is 2.66. The maximum Gasteiger partial charge on any atom is 0.0197 e. The van der Waals surface area contributed by atoms with Gasteiger partial charge in [0.15, 0.2) is 0 Å². The molecule has 1 heteroatoms. The Kier molecular flexibility index (Phi) is 3.58. The Morgan fingerprint density at radius 3 is 2.76 bits per heavy atom. The van der Waals surface area contributed by atoms with Gasteiger partial charge < -0.3 is 5.73 Å². The molecule has 0 amide bonds. The van der Waals surface area contributed by atoms with Crippen LogP contribution in [0.25, 0.3) is 0 Å². The first kappa shape index (κ1) is 12.6. The van der Waals surface area contributed by atoms with Gasteiger partial charge in [-0.05, 0) is 56.6 Å². The van der Waals surface area contributed by atoms with Crippen molar-refractivity contribution in [1.82, 2.24) is 0 Å².